The average Bonchev–Trinajstić information content (AvgIpc) is 0.899. The highest BCUT2D eigenvalue weighted by Gasteiger charge is 2.66. The van der Waals surface area contributed by atoms with Crippen LogP contribution in [0.1, 0.15) is 322 Å². The van der Waals surface area contributed by atoms with Gasteiger partial charge in [0.2, 0.25) is 12.3 Å². The monoisotopic (exact) mass is 1410 g/mol. The van der Waals surface area contributed by atoms with Crippen molar-refractivity contribution in [2.45, 2.75) is 366 Å². The Labute approximate surface area is 552 Å². The average molecular weight is 1410 g/mol. The summed E-state index contributed by atoms with van der Waals surface area (Å²) in [6.45, 7) is 50.8. The van der Waals surface area contributed by atoms with Gasteiger partial charge in [-0.2, -0.15) is 79.0 Å². The molecule has 0 amide bonds. The van der Waals surface area contributed by atoms with E-state index in [9.17, 15) is 101 Å². The topological polar surface area (TPSA) is 0 Å². The van der Waals surface area contributed by atoms with Crippen molar-refractivity contribution >= 4 is 0 Å². The van der Waals surface area contributed by atoms with E-state index in [1.165, 1.54) is 67.7 Å². The van der Waals surface area contributed by atoms with Gasteiger partial charge in [0.25, 0.3) is 0 Å². The summed E-state index contributed by atoms with van der Waals surface area (Å²) in [5.74, 6) is -6.81. The highest BCUT2D eigenvalue weighted by atomic mass is 19.4. The van der Waals surface area contributed by atoms with Gasteiger partial charge in [-0.15, -0.1) is 0 Å². The van der Waals surface area contributed by atoms with Crippen LogP contribution in [-0.2, 0) is 0 Å². The summed E-state index contributed by atoms with van der Waals surface area (Å²) in [7, 11) is 0. The number of alkyl halides is 23. The zero-order chi connectivity index (χ0) is 80.5. The Hall–Kier alpha value is -1.61. The van der Waals surface area contributed by atoms with E-state index in [0.29, 0.717) is 30.1 Å². The summed E-state index contributed by atoms with van der Waals surface area (Å²) in [5.41, 5.74) is -4.24. The molecule has 0 aliphatic heterocycles. The molecular weight excluding hydrogens is 1270 g/mol. The molecule has 0 nitrogen and oxygen atoms in total. The second kappa shape index (κ2) is 52.5. The molecule has 572 valence electrons. The number of rotatable bonds is 15. The molecule has 0 aromatic heterocycles. The molecule has 1 aliphatic carbocycles. The van der Waals surface area contributed by atoms with E-state index in [0.717, 1.165) is 46.5 Å². The van der Waals surface area contributed by atoms with E-state index in [1.54, 1.807) is 27.7 Å². The highest BCUT2D eigenvalue weighted by molar-refractivity contribution is 4.88. The van der Waals surface area contributed by atoms with Crippen LogP contribution in [-0.4, -0.2) is 56.1 Å². The van der Waals surface area contributed by atoms with Crippen LogP contribution in [0.3, 0.4) is 0 Å². The van der Waals surface area contributed by atoms with Crippen LogP contribution < -0.4 is 0 Å². The fraction of sp³-hybridized carbons (Fsp3) is 1.00. The van der Waals surface area contributed by atoms with Crippen LogP contribution in [0.15, 0.2) is 0 Å². The third kappa shape index (κ3) is 68.3. The molecular formula is C69H135F23. The van der Waals surface area contributed by atoms with Gasteiger partial charge in [0.1, 0.15) is 0 Å². The smallest absolute Gasteiger partial charge is 0.251 e. The largest absolute Gasteiger partial charge is 0.402 e. The Morgan fingerprint density at radius 1 is 0.424 bits per heavy atom. The molecule has 0 spiro atoms. The molecule has 0 bridgehead atoms. The molecule has 7 atom stereocenters. The lowest BCUT2D eigenvalue weighted by Gasteiger charge is -2.32. The lowest BCUT2D eigenvalue weighted by Crippen LogP contribution is -2.47. The van der Waals surface area contributed by atoms with Crippen LogP contribution in [0.25, 0.3) is 0 Å². The van der Waals surface area contributed by atoms with Crippen molar-refractivity contribution in [3.05, 3.63) is 0 Å². The van der Waals surface area contributed by atoms with Crippen molar-refractivity contribution in [3.8, 4) is 0 Å². The van der Waals surface area contributed by atoms with Gasteiger partial charge in [-0.3, -0.25) is 4.39 Å². The van der Waals surface area contributed by atoms with Crippen molar-refractivity contribution in [3.63, 3.8) is 0 Å². The molecule has 23 heteroatoms. The Morgan fingerprint density at radius 2 is 0.772 bits per heavy atom. The first-order valence-electron chi connectivity index (χ1n) is 34.4. The van der Waals surface area contributed by atoms with Gasteiger partial charge >= 0.3 is 37.1 Å². The molecule has 1 aliphatic rings. The van der Waals surface area contributed by atoms with E-state index < -0.39 is 115 Å². The third-order valence-corrected chi connectivity index (χ3v) is 15.2. The summed E-state index contributed by atoms with van der Waals surface area (Å²) < 4.78 is 301. The fourth-order valence-corrected chi connectivity index (χ4v) is 5.92. The number of hydrogen-bond acceptors (Lipinski definition) is 0. The molecule has 0 aromatic rings. The van der Waals surface area contributed by atoms with E-state index in [4.69, 9.17) is 5.48 Å². The number of halogens is 23. The summed E-state index contributed by atoms with van der Waals surface area (Å²) in [5, 5.41) is 0. The quantitative estimate of drug-likeness (QED) is 0.143. The third-order valence-electron chi connectivity index (χ3n) is 15.2. The Bertz CT molecular complexity index is 1730. The summed E-state index contributed by atoms with van der Waals surface area (Å²) >= 11 is 0. The second-order valence-corrected chi connectivity index (χ2v) is 28.4. The minimum atomic E-state index is -5.24. The van der Waals surface area contributed by atoms with E-state index >= 15 is 0 Å². The van der Waals surface area contributed by atoms with Crippen molar-refractivity contribution in [2.75, 3.05) is 6.67 Å². The van der Waals surface area contributed by atoms with Gasteiger partial charge in [0.05, 0.1) is 29.8 Å². The van der Waals surface area contributed by atoms with Crippen molar-refractivity contribution in [1.82, 2.24) is 0 Å². The van der Waals surface area contributed by atoms with Crippen LogP contribution in [0.5, 0.6) is 0 Å². The molecule has 0 heterocycles. The lowest BCUT2D eigenvalue weighted by molar-refractivity contribution is -0.335. The Kier molecular flexibility index (Phi) is 57.8. The molecule has 1 rings (SSSR count). The minimum Gasteiger partial charge on any atom is -0.251 e. The fourth-order valence-electron chi connectivity index (χ4n) is 5.92. The molecule has 0 saturated heterocycles. The van der Waals surface area contributed by atoms with Gasteiger partial charge in [-0.1, -0.05) is 246 Å². The first kappa shape index (κ1) is 101. The van der Waals surface area contributed by atoms with Crippen LogP contribution >= 0.6 is 0 Å². The summed E-state index contributed by atoms with van der Waals surface area (Å²) in [6.07, 6.45) is -23.7. The first-order chi connectivity index (χ1) is 41.8. The molecule has 92 heavy (non-hydrogen) atoms. The zero-order valence-electron chi connectivity index (χ0n) is 66.2. The van der Waals surface area contributed by atoms with Crippen LogP contribution in [0.2, 0.25) is 0 Å². The van der Waals surface area contributed by atoms with Gasteiger partial charge in [-0.05, 0) is 98.7 Å². The second-order valence-electron chi connectivity index (χ2n) is 28.4. The van der Waals surface area contributed by atoms with E-state index in [1.807, 2.05) is 41.5 Å². The zero-order valence-corrected chi connectivity index (χ0v) is 62.2. The molecule has 0 radical (unpaired) electrons. The van der Waals surface area contributed by atoms with Crippen LogP contribution in [0, 0.1) is 74.4 Å². The maximum atomic E-state index is 12.3. The van der Waals surface area contributed by atoms with Crippen LogP contribution in [0.4, 0.5) is 101 Å². The summed E-state index contributed by atoms with van der Waals surface area (Å²) in [6, 6.07) is 0. The van der Waals surface area contributed by atoms with Crippen molar-refractivity contribution in [2.24, 2.45) is 74.4 Å². The predicted molar refractivity (Wildman–Crippen MR) is 342 cm³/mol. The van der Waals surface area contributed by atoms with Gasteiger partial charge in [0.15, 0.2) is 5.41 Å². The standard InChI is InChI=1S/C8H13F3.C7H16.C6H8F6.3C6H11F3.2C6H12F2.C6H13F.2C6H14/c1-5-3-4-7(6(5)2)8(9,10)11;1-5-6-7(2,3)4;1-3-4(2,5(7,8)9)6(10,11)12;1-4-5(2,3)6(7,8)9;2*1-3-4-5(2)6(7,8)9;1-4-6(7,8)5(2)3;1-3-4-5(2)6(7)8;1-3-4-6(2)5-7;2*1-5-6(2,3)4/h5-7H,3-4H2,1-2H3;5-6H2,1-4H3;3H2,1-2H3;4H2,1-3H3;2*5H,3-4H2,1-2H3;5H,4H2,1-3H3;5-6H,3-4H2,1-2H3;6H,3-5H2,1-2H3;2*5H2,1-4H3/i;;;;3D2;;;;;5D2;. The molecule has 7 unspecified atom stereocenters. The normalized spacial score (nSPS) is 18.0. The van der Waals surface area contributed by atoms with Crippen molar-refractivity contribution < 1.29 is 106 Å². The number of hydrogen-bond donors (Lipinski definition) is 0. The Balaban J connectivity index is -0.000000107. The molecule has 1 saturated carbocycles. The predicted octanol–water partition coefficient (Wildman–Crippen LogP) is 31.2. The summed E-state index contributed by atoms with van der Waals surface area (Å²) in [4.78, 5) is 0. The van der Waals surface area contributed by atoms with Gasteiger partial charge < -0.3 is 0 Å². The SMILES string of the molecule is CC1CCC(C(F)(F)F)C1C.CCC(C)(C(F)(F)F)C(F)(F)F.CCC(C)(C)C.CCC(C)(C)C(F)(F)F.CCC(F)(F)C(C)C.CCCC(C)(C)C.CCCC(C)C(F)(F)F.CCCC(C)C(F)F.CCCC(C)CF.[2H]C([2H])(C)C(C)(C)C.[2H]C([2H])(C)CC(C)C(F)(F)F. The van der Waals surface area contributed by atoms with Gasteiger partial charge in [0, 0.05) is 23.7 Å². The first-order valence-corrected chi connectivity index (χ1v) is 32.4. The molecule has 0 N–H and O–H groups in total. The van der Waals surface area contributed by atoms with Gasteiger partial charge in [-0.25, -0.2) is 17.6 Å². The maximum absolute atomic E-state index is 12.3. The van der Waals surface area contributed by atoms with E-state index in [2.05, 4.69) is 62.3 Å². The maximum Gasteiger partial charge on any atom is 0.402 e. The highest BCUT2D eigenvalue weighted by Crippen LogP contribution is 2.52. The molecule has 0 aromatic carbocycles. The lowest BCUT2D eigenvalue weighted by atomic mass is 9.86. The molecule has 1 fully saturated rings. The minimum absolute atomic E-state index is 0.0509. The Morgan fingerprint density at radius 3 is 0.837 bits per heavy atom. The van der Waals surface area contributed by atoms with E-state index in [-0.39, 0.29) is 56.0 Å². The van der Waals surface area contributed by atoms with Crippen molar-refractivity contribution in [1.29, 1.82) is 0 Å².